The summed E-state index contributed by atoms with van der Waals surface area (Å²) in [6.07, 6.45) is 1.55. The standard InChI is InChI=1S/C40H55N5O8/c1-26(2)22-31(39(51)53-25-28-16-10-7-11-17-28)43-35(47)30(23-32(46)52-24-27-14-8-6-9-15-27)42-36(48)33-29(37(49)44-19-12-13-20-44)18-21-45(33)38(50)34(41)40(3,4)5/h6-11,14-17,26,29-31,33-34H,12-13,18-25,41H2,1-5H3,(H,42,48)(H,43,47)/t29-,30+,31+,33+,34-/m1/s1. The zero-order valence-electron chi connectivity index (χ0n) is 31.5. The Balaban J connectivity index is 1.59. The maximum Gasteiger partial charge on any atom is 0.328 e. The predicted molar refractivity (Wildman–Crippen MR) is 197 cm³/mol. The molecule has 4 amide bonds. The summed E-state index contributed by atoms with van der Waals surface area (Å²) in [6, 6.07) is 13.2. The number of amides is 4. The molecule has 13 heteroatoms. The summed E-state index contributed by atoms with van der Waals surface area (Å²) in [5, 5.41) is 5.37. The topological polar surface area (TPSA) is 177 Å². The Kier molecular flexibility index (Phi) is 14.5. The fourth-order valence-electron chi connectivity index (χ4n) is 6.56. The van der Waals surface area contributed by atoms with Gasteiger partial charge in [-0.25, -0.2) is 4.79 Å². The number of carbonyl (C=O) groups excluding carboxylic acids is 6. The summed E-state index contributed by atoms with van der Waals surface area (Å²) in [5.74, 6) is -4.69. The molecule has 2 fully saturated rings. The molecule has 0 aromatic heterocycles. The van der Waals surface area contributed by atoms with Crippen molar-refractivity contribution in [3.63, 3.8) is 0 Å². The van der Waals surface area contributed by atoms with Gasteiger partial charge >= 0.3 is 11.9 Å². The SMILES string of the molecule is CC(C)C[C@H](NC(=O)[C@H](CC(=O)OCc1ccccc1)NC(=O)[C@@H]1[C@H](C(=O)N2CCCC2)CCN1C(=O)[C@@H](N)C(C)(C)C)C(=O)OCc1ccccc1. The highest BCUT2D eigenvalue weighted by atomic mass is 16.5. The van der Waals surface area contributed by atoms with Crippen molar-refractivity contribution in [2.24, 2.45) is 23.0 Å². The highest BCUT2D eigenvalue weighted by Gasteiger charge is 2.49. The van der Waals surface area contributed by atoms with Crippen molar-refractivity contribution in [3.8, 4) is 0 Å². The molecule has 0 spiro atoms. The average Bonchev–Trinajstić information content (AvgIpc) is 3.83. The molecule has 2 aliphatic rings. The molecular formula is C40H55N5O8. The molecule has 0 aliphatic carbocycles. The Morgan fingerprint density at radius 2 is 1.38 bits per heavy atom. The maximum absolute atomic E-state index is 14.4. The average molecular weight is 734 g/mol. The minimum atomic E-state index is -1.52. The molecule has 5 atom stereocenters. The van der Waals surface area contributed by atoms with E-state index in [2.05, 4.69) is 10.6 Å². The zero-order chi connectivity index (χ0) is 38.7. The van der Waals surface area contributed by atoms with Gasteiger partial charge in [-0.15, -0.1) is 0 Å². The summed E-state index contributed by atoms with van der Waals surface area (Å²) < 4.78 is 11.0. The molecule has 2 aromatic carbocycles. The van der Waals surface area contributed by atoms with Gasteiger partial charge in [-0.05, 0) is 48.1 Å². The van der Waals surface area contributed by atoms with Crippen LogP contribution in [-0.4, -0.2) is 89.2 Å². The molecule has 0 bridgehead atoms. The molecule has 4 rings (SSSR count). The third kappa shape index (κ3) is 11.6. The van der Waals surface area contributed by atoms with Crippen LogP contribution in [0.4, 0.5) is 0 Å². The van der Waals surface area contributed by atoms with Crippen molar-refractivity contribution in [3.05, 3.63) is 71.8 Å². The van der Waals surface area contributed by atoms with Crippen molar-refractivity contribution in [1.29, 1.82) is 0 Å². The fourth-order valence-corrected chi connectivity index (χ4v) is 6.56. The van der Waals surface area contributed by atoms with Gasteiger partial charge in [-0.1, -0.05) is 95.3 Å². The second kappa shape index (κ2) is 18.8. The molecule has 2 saturated heterocycles. The van der Waals surface area contributed by atoms with Crippen molar-refractivity contribution < 1.29 is 38.2 Å². The van der Waals surface area contributed by atoms with E-state index in [4.69, 9.17) is 15.2 Å². The van der Waals surface area contributed by atoms with Gasteiger partial charge in [0, 0.05) is 19.6 Å². The van der Waals surface area contributed by atoms with Crippen molar-refractivity contribution in [1.82, 2.24) is 20.4 Å². The van der Waals surface area contributed by atoms with Gasteiger partial charge in [0.1, 0.15) is 31.3 Å². The largest absolute Gasteiger partial charge is 0.461 e. The molecule has 0 unspecified atom stereocenters. The first-order valence-electron chi connectivity index (χ1n) is 18.5. The van der Waals surface area contributed by atoms with E-state index in [1.165, 1.54) is 4.90 Å². The van der Waals surface area contributed by atoms with Gasteiger partial charge < -0.3 is 35.6 Å². The van der Waals surface area contributed by atoms with Gasteiger partial charge in [0.15, 0.2) is 0 Å². The molecule has 2 heterocycles. The van der Waals surface area contributed by atoms with E-state index in [1.54, 1.807) is 29.2 Å². The van der Waals surface area contributed by atoms with Crippen LogP contribution in [-0.2, 0) is 51.5 Å². The van der Waals surface area contributed by atoms with Gasteiger partial charge in [0.2, 0.25) is 23.6 Å². The van der Waals surface area contributed by atoms with Crippen LogP contribution in [0.2, 0.25) is 0 Å². The Labute approximate surface area is 312 Å². The van der Waals surface area contributed by atoms with Gasteiger partial charge in [-0.3, -0.25) is 24.0 Å². The third-order valence-electron chi connectivity index (χ3n) is 9.66. The molecule has 288 valence electrons. The number of likely N-dealkylation sites (tertiary alicyclic amines) is 2. The lowest BCUT2D eigenvalue weighted by atomic mass is 9.86. The molecule has 13 nitrogen and oxygen atoms in total. The lowest BCUT2D eigenvalue weighted by molar-refractivity contribution is -0.151. The number of rotatable bonds is 15. The molecular weight excluding hydrogens is 678 g/mol. The number of nitrogens with two attached hydrogens (primary N) is 1. The molecule has 2 aliphatic heterocycles. The molecule has 53 heavy (non-hydrogen) atoms. The van der Waals surface area contributed by atoms with Crippen molar-refractivity contribution in [2.45, 2.75) is 104 Å². The minimum Gasteiger partial charge on any atom is -0.461 e. The van der Waals surface area contributed by atoms with Crippen LogP contribution in [0.15, 0.2) is 60.7 Å². The van der Waals surface area contributed by atoms with Crippen LogP contribution in [0.1, 0.15) is 77.8 Å². The lowest BCUT2D eigenvalue weighted by Gasteiger charge is -2.34. The number of benzene rings is 2. The summed E-state index contributed by atoms with van der Waals surface area (Å²) in [6.45, 7) is 10.4. The van der Waals surface area contributed by atoms with E-state index < -0.39 is 71.6 Å². The van der Waals surface area contributed by atoms with E-state index in [1.807, 2.05) is 71.0 Å². The number of esters is 2. The normalized spacial score (nSPS) is 18.9. The van der Waals surface area contributed by atoms with E-state index in [0.29, 0.717) is 13.1 Å². The number of nitrogens with zero attached hydrogens (tertiary/aromatic N) is 2. The number of hydrogen-bond acceptors (Lipinski definition) is 9. The molecule has 4 N–H and O–H groups in total. The maximum atomic E-state index is 14.4. The first kappa shape index (κ1) is 41.0. The van der Waals surface area contributed by atoms with Crippen molar-refractivity contribution >= 4 is 35.6 Å². The highest BCUT2D eigenvalue weighted by molar-refractivity contribution is 5.99. The lowest BCUT2D eigenvalue weighted by Crippen LogP contribution is -2.60. The second-order valence-electron chi connectivity index (χ2n) is 15.4. The number of hydrogen-bond donors (Lipinski definition) is 3. The van der Waals surface area contributed by atoms with Gasteiger partial charge in [0.25, 0.3) is 0 Å². The third-order valence-corrected chi connectivity index (χ3v) is 9.66. The Morgan fingerprint density at radius 3 is 1.92 bits per heavy atom. The van der Waals surface area contributed by atoms with E-state index >= 15 is 0 Å². The predicted octanol–water partition coefficient (Wildman–Crippen LogP) is 3.09. The summed E-state index contributed by atoms with van der Waals surface area (Å²) >= 11 is 0. The second-order valence-corrected chi connectivity index (χ2v) is 15.4. The van der Waals surface area contributed by atoms with Crippen molar-refractivity contribution in [2.75, 3.05) is 19.6 Å². The quantitative estimate of drug-likeness (QED) is 0.232. The van der Waals surface area contributed by atoms with Gasteiger partial charge in [-0.2, -0.15) is 0 Å². The van der Waals surface area contributed by atoms with E-state index in [9.17, 15) is 28.8 Å². The van der Waals surface area contributed by atoms with Crippen LogP contribution in [0.25, 0.3) is 0 Å². The smallest absolute Gasteiger partial charge is 0.328 e. The number of ether oxygens (including phenoxy) is 2. The summed E-state index contributed by atoms with van der Waals surface area (Å²) in [5.41, 5.74) is 7.23. The number of nitrogens with one attached hydrogen (secondary N) is 2. The van der Waals surface area contributed by atoms with Crippen LogP contribution in [0.3, 0.4) is 0 Å². The number of carbonyl (C=O) groups is 6. The Hall–Kier alpha value is -4.78. The van der Waals surface area contributed by atoms with Crippen LogP contribution < -0.4 is 16.4 Å². The zero-order valence-corrected chi connectivity index (χ0v) is 31.5. The first-order chi connectivity index (χ1) is 25.1. The van der Waals surface area contributed by atoms with Crippen LogP contribution >= 0.6 is 0 Å². The summed E-state index contributed by atoms with van der Waals surface area (Å²) in [7, 11) is 0. The fraction of sp³-hybridized carbons (Fsp3) is 0.550. The first-order valence-corrected chi connectivity index (χ1v) is 18.5. The Bertz CT molecular complexity index is 1570. The van der Waals surface area contributed by atoms with Crippen LogP contribution in [0.5, 0.6) is 0 Å². The van der Waals surface area contributed by atoms with E-state index in [0.717, 1.165) is 24.0 Å². The van der Waals surface area contributed by atoms with E-state index in [-0.39, 0.29) is 44.4 Å². The monoisotopic (exact) mass is 733 g/mol. The minimum absolute atomic E-state index is 0.00913. The molecule has 0 saturated carbocycles. The highest BCUT2D eigenvalue weighted by Crippen LogP contribution is 2.31. The summed E-state index contributed by atoms with van der Waals surface area (Å²) in [4.78, 5) is 85.5. The Morgan fingerprint density at radius 1 is 0.811 bits per heavy atom. The molecule has 2 aromatic rings. The van der Waals surface area contributed by atoms with Crippen LogP contribution in [0, 0.1) is 17.3 Å². The van der Waals surface area contributed by atoms with Gasteiger partial charge in [0.05, 0.1) is 18.4 Å². The molecule has 0 radical (unpaired) electrons.